The van der Waals surface area contributed by atoms with Crippen molar-refractivity contribution in [3.05, 3.63) is 35.8 Å². The Bertz CT molecular complexity index is 506. The van der Waals surface area contributed by atoms with Gasteiger partial charge < -0.3 is 0 Å². The van der Waals surface area contributed by atoms with Crippen molar-refractivity contribution in [1.82, 2.24) is 20.0 Å². The summed E-state index contributed by atoms with van der Waals surface area (Å²) in [5, 5.41) is 10.8. The van der Waals surface area contributed by atoms with Crippen molar-refractivity contribution in [2.24, 2.45) is 0 Å². The van der Waals surface area contributed by atoms with E-state index >= 15 is 0 Å². The molecule has 0 saturated carbocycles. The number of alkyl halides is 4. The second kappa shape index (κ2) is 4.33. The number of rotatable bonds is 2. The standard InChI is InChI=1S/C9H6ClF3N4/c10-5-6-1-2-8(15-14-6)17-4-3-7(16-17)9(11,12)13/h1-4H,5H2. The number of hydrogen-bond acceptors (Lipinski definition) is 3. The summed E-state index contributed by atoms with van der Waals surface area (Å²) in [7, 11) is 0. The third-order valence-electron chi connectivity index (χ3n) is 1.96. The van der Waals surface area contributed by atoms with Crippen LogP contribution in [0.5, 0.6) is 0 Å². The summed E-state index contributed by atoms with van der Waals surface area (Å²) < 4.78 is 37.9. The van der Waals surface area contributed by atoms with Crippen molar-refractivity contribution in [3.8, 4) is 5.82 Å². The Hall–Kier alpha value is -1.63. The zero-order valence-electron chi connectivity index (χ0n) is 8.32. The number of halogens is 4. The molecule has 2 heterocycles. The maximum absolute atomic E-state index is 12.3. The van der Waals surface area contributed by atoms with Gasteiger partial charge in [-0.3, -0.25) is 0 Å². The molecule has 2 aromatic heterocycles. The molecule has 0 aliphatic carbocycles. The third kappa shape index (κ3) is 2.55. The first kappa shape index (κ1) is 11.8. The van der Waals surface area contributed by atoms with Gasteiger partial charge in [0.25, 0.3) is 0 Å². The second-order valence-corrected chi connectivity index (χ2v) is 3.43. The van der Waals surface area contributed by atoms with Crippen LogP contribution in [0.15, 0.2) is 24.4 Å². The van der Waals surface area contributed by atoms with Crippen molar-refractivity contribution in [1.29, 1.82) is 0 Å². The van der Waals surface area contributed by atoms with Gasteiger partial charge in [-0.2, -0.15) is 23.4 Å². The van der Waals surface area contributed by atoms with Crippen LogP contribution in [0.3, 0.4) is 0 Å². The SMILES string of the molecule is FC(F)(F)c1ccn(-c2ccc(CCl)nn2)n1. The minimum Gasteiger partial charge on any atom is -0.220 e. The molecule has 0 aliphatic rings. The molecule has 17 heavy (non-hydrogen) atoms. The van der Waals surface area contributed by atoms with Crippen molar-refractivity contribution in [2.45, 2.75) is 12.1 Å². The van der Waals surface area contributed by atoms with E-state index in [-0.39, 0.29) is 11.7 Å². The molecule has 0 spiro atoms. The van der Waals surface area contributed by atoms with Gasteiger partial charge in [0.1, 0.15) is 0 Å². The largest absolute Gasteiger partial charge is 0.435 e. The van der Waals surface area contributed by atoms with Gasteiger partial charge in [0, 0.05) is 6.20 Å². The molecule has 0 aromatic carbocycles. The fraction of sp³-hybridized carbons (Fsp3) is 0.222. The highest BCUT2D eigenvalue weighted by Crippen LogP contribution is 2.27. The minimum atomic E-state index is -4.46. The molecule has 0 unspecified atom stereocenters. The second-order valence-electron chi connectivity index (χ2n) is 3.16. The van der Waals surface area contributed by atoms with Crippen LogP contribution in [0.2, 0.25) is 0 Å². The van der Waals surface area contributed by atoms with Crippen molar-refractivity contribution >= 4 is 11.6 Å². The minimum absolute atomic E-state index is 0.195. The number of hydrogen-bond donors (Lipinski definition) is 0. The Balaban J connectivity index is 2.30. The van der Waals surface area contributed by atoms with Crippen LogP contribution in [0.1, 0.15) is 11.4 Å². The van der Waals surface area contributed by atoms with Gasteiger partial charge in [-0.15, -0.1) is 16.7 Å². The molecule has 0 saturated heterocycles. The molecule has 0 aliphatic heterocycles. The van der Waals surface area contributed by atoms with Crippen LogP contribution < -0.4 is 0 Å². The smallest absolute Gasteiger partial charge is 0.220 e. The van der Waals surface area contributed by atoms with Crippen LogP contribution in [0.25, 0.3) is 5.82 Å². The van der Waals surface area contributed by atoms with Gasteiger partial charge in [-0.05, 0) is 18.2 Å². The van der Waals surface area contributed by atoms with Gasteiger partial charge >= 0.3 is 6.18 Å². The predicted octanol–water partition coefficient (Wildman–Crippen LogP) is 2.42. The first-order chi connectivity index (χ1) is 8.00. The average molecular weight is 263 g/mol. The van der Waals surface area contributed by atoms with Crippen LogP contribution in [0.4, 0.5) is 13.2 Å². The Morgan fingerprint density at radius 1 is 1.18 bits per heavy atom. The van der Waals surface area contributed by atoms with Crippen LogP contribution in [0, 0.1) is 0 Å². The van der Waals surface area contributed by atoms with Gasteiger partial charge in [-0.25, -0.2) is 4.68 Å². The molecule has 0 fully saturated rings. The molecule has 0 atom stereocenters. The van der Waals surface area contributed by atoms with E-state index in [2.05, 4.69) is 15.3 Å². The lowest BCUT2D eigenvalue weighted by Gasteiger charge is -2.02. The van der Waals surface area contributed by atoms with E-state index in [0.29, 0.717) is 5.69 Å². The average Bonchev–Trinajstić information content (AvgIpc) is 2.78. The van der Waals surface area contributed by atoms with E-state index in [0.717, 1.165) is 10.7 Å². The van der Waals surface area contributed by atoms with Gasteiger partial charge in [0.2, 0.25) is 0 Å². The van der Waals surface area contributed by atoms with Crippen molar-refractivity contribution < 1.29 is 13.2 Å². The summed E-state index contributed by atoms with van der Waals surface area (Å²) in [6, 6.07) is 3.94. The van der Waals surface area contributed by atoms with E-state index in [1.54, 1.807) is 6.07 Å². The molecule has 0 amide bonds. The topological polar surface area (TPSA) is 43.6 Å². The fourth-order valence-electron chi connectivity index (χ4n) is 1.15. The van der Waals surface area contributed by atoms with Crippen LogP contribution >= 0.6 is 11.6 Å². The summed E-state index contributed by atoms with van der Waals surface area (Å²) in [4.78, 5) is 0. The van der Waals surface area contributed by atoms with E-state index < -0.39 is 11.9 Å². The lowest BCUT2D eigenvalue weighted by Crippen LogP contribution is -2.08. The molecular weight excluding hydrogens is 257 g/mol. The van der Waals surface area contributed by atoms with Crippen LogP contribution in [-0.2, 0) is 12.1 Å². The number of nitrogens with zero attached hydrogens (tertiary/aromatic N) is 4. The highest BCUT2D eigenvalue weighted by Gasteiger charge is 2.33. The molecule has 0 N–H and O–H groups in total. The summed E-state index contributed by atoms with van der Waals surface area (Å²) in [6.07, 6.45) is -3.29. The molecule has 2 aromatic rings. The Morgan fingerprint density at radius 2 is 1.94 bits per heavy atom. The molecule has 0 bridgehead atoms. The van der Waals surface area contributed by atoms with E-state index in [4.69, 9.17) is 11.6 Å². The highest BCUT2D eigenvalue weighted by molar-refractivity contribution is 6.16. The zero-order chi connectivity index (χ0) is 12.5. The van der Waals surface area contributed by atoms with Gasteiger partial charge in [-0.1, -0.05) is 0 Å². The molecule has 0 radical (unpaired) electrons. The van der Waals surface area contributed by atoms with Crippen molar-refractivity contribution in [2.75, 3.05) is 0 Å². The number of aromatic nitrogens is 4. The van der Waals surface area contributed by atoms with Crippen LogP contribution in [-0.4, -0.2) is 20.0 Å². The van der Waals surface area contributed by atoms with Gasteiger partial charge in [0.05, 0.1) is 11.6 Å². The Kier molecular flexibility index (Phi) is 3.01. The highest BCUT2D eigenvalue weighted by atomic mass is 35.5. The predicted molar refractivity (Wildman–Crippen MR) is 53.7 cm³/mol. The lowest BCUT2D eigenvalue weighted by atomic mass is 10.4. The fourth-order valence-corrected chi connectivity index (χ4v) is 1.29. The summed E-state index contributed by atoms with van der Waals surface area (Å²) in [5.41, 5.74) is -0.431. The monoisotopic (exact) mass is 262 g/mol. The molecule has 8 heteroatoms. The van der Waals surface area contributed by atoms with E-state index in [1.165, 1.54) is 12.3 Å². The van der Waals surface area contributed by atoms with E-state index in [1.807, 2.05) is 0 Å². The molecule has 90 valence electrons. The maximum Gasteiger partial charge on any atom is 0.435 e. The Labute approximate surface area is 99.0 Å². The first-order valence-corrected chi connectivity index (χ1v) is 5.06. The third-order valence-corrected chi connectivity index (χ3v) is 2.23. The molecular formula is C9H6ClF3N4. The molecule has 2 rings (SSSR count). The lowest BCUT2D eigenvalue weighted by molar-refractivity contribution is -0.141. The van der Waals surface area contributed by atoms with Gasteiger partial charge in [0.15, 0.2) is 11.5 Å². The maximum atomic E-state index is 12.3. The van der Waals surface area contributed by atoms with Crippen molar-refractivity contribution in [3.63, 3.8) is 0 Å². The summed E-state index contributed by atoms with van der Waals surface area (Å²) >= 11 is 5.52. The molecule has 4 nitrogen and oxygen atoms in total. The quantitative estimate of drug-likeness (QED) is 0.781. The summed E-state index contributed by atoms with van der Waals surface area (Å²) in [5.74, 6) is 0.398. The van der Waals surface area contributed by atoms with E-state index in [9.17, 15) is 13.2 Å². The zero-order valence-corrected chi connectivity index (χ0v) is 9.07. The normalized spacial score (nSPS) is 11.8. The Morgan fingerprint density at radius 3 is 2.41 bits per heavy atom. The first-order valence-electron chi connectivity index (χ1n) is 4.52. The summed E-state index contributed by atoms with van der Waals surface area (Å²) in [6.45, 7) is 0.